The van der Waals surface area contributed by atoms with Crippen molar-refractivity contribution in [2.24, 2.45) is 0 Å². The van der Waals surface area contributed by atoms with E-state index in [1.54, 1.807) is 13.0 Å². The Bertz CT molecular complexity index is 978. The first-order valence-corrected chi connectivity index (χ1v) is 10.9. The van der Waals surface area contributed by atoms with Crippen molar-refractivity contribution in [2.75, 3.05) is 24.6 Å². The number of rotatable bonds is 5. The molecule has 0 aliphatic carbocycles. The molecule has 0 saturated carbocycles. The number of amides is 2. The van der Waals surface area contributed by atoms with Gasteiger partial charge in [0, 0.05) is 17.8 Å². The molecule has 1 fully saturated rings. The van der Waals surface area contributed by atoms with Crippen molar-refractivity contribution in [1.82, 2.24) is 4.90 Å². The summed E-state index contributed by atoms with van der Waals surface area (Å²) in [4.78, 5) is 40.3. The molecule has 2 aliphatic rings. The van der Waals surface area contributed by atoms with E-state index in [1.807, 2.05) is 6.92 Å². The number of benzene rings is 1. The van der Waals surface area contributed by atoms with Crippen LogP contribution in [0.3, 0.4) is 0 Å². The highest BCUT2D eigenvalue weighted by atomic mass is 32.2. The van der Waals surface area contributed by atoms with Crippen LogP contribution in [0.25, 0.3) is 11.6 Å². The van der Waals surface area contributed by atoms with Crippen molar-refractivity contribution in [1.29, 1.82) is 0 Å². The number of likely N-dealkylation sites (N-methyl/N-ethyl adjacent to an activating group) is 1. The van der Waals surface area contributed by atoms with Crippen molar-refractivity contribution in [3.8, 4) is 0 Å². The summed E-state index contributed by atoms with van der Waals surface area (Å²) < 4.78 is 4.86. The molecule has 160 valence electrons. The van der Waals surface area contributed by atoms with E-state index in [2.05, 4.69) is 50.8 Å². The van der Waals surface area contributed by atoms with E-state index in [4.69, 9.17) is 4.74 Å². The van der Waals surface area contributed by atoms with Crippen LogP contribution >= 0.6 is 11.8 Å². The molecule has 2 aliphatic heterocycles. The summed E-state index contributed by atoms with van der Waals surface area (Å²) in [5, 5.41) is -0.454. The Morgan fingerprint density at radius 2 is 1.90 bits per heavy atom. The summed E-state index contributed by atoms with van der Waals surface area (Å²) in [6.07, 6.45) is 4.00. The number of hydrogen-bond acceptors (Lipinski definition) is 6. The van der Waals surface area contributed by atoms with E-state index in [0.29, 0.717) is 4.91 Å². The third kappa shape index (κ3) is 4.03. The molecule has 0 N–H and O–H groups in total. The quantitative estimate of drug-likeness (QED) is 0.504. The zero-order valence-corrected chi connectivity index (χ0v) is 19.2. The predicted octanol–water partition coefficient (Wildman–Crippen LogP) is 4.62. The lowest BCUT2D eigenvalue weighted by Crippen LogP contribution is -2.44. The fourth-order valence-electron chi connectivity index (χ4n) is 4.09. The highest BCUT2D eigenvalue weighted by Gasteiger charge is 2.37. The van der Waals surface area contributed by atoms with Gasteiger partial charge < -0.3 is 9.64 Å². The van der Waals surface area contributed by atoms with Gasteiger partial charge in [-0.2, -0.15) is 0 Å². The van der Waals surface area contributed by atoms with Gasteiger partial charge in [0.25, 0.3) is 11.1 Å². The maximum Gasteiger partial charge on any atom is 0.326 e. The number of thioether (sulfide) groups is 1. The van der Waals surface area contributed by atoms with E-state index < -0.39 is 17.1 Å². The van der Waals surface area contributed by atoms with Crippen LogP contribution in [0, 0.1) is 6.92 Å². The molecule has 2 amide bonds. The van der Waals surface area contributed by atoms with Crippen molar-refractivity contribution >= 4 is 46.2 Å². The molecule has 0 unspecified atom stereocenters. The molecule has 1 saturated heterocycles. The van der Waals surface area contributed by atoms with Crippen LogP contribution in [0.4, 0.5) is 10.5 Å². The molecule has 6 nitrogen and oxygen atoms in total. The summed E-state index contributed by atoms with van der Waals surface area (Å²) in [5.74, 6) is -1.05. The Hall–Kier alpha value is -2.54. The van der Waals surface area contributed by atoms with Gasteiger partial charge in [0.1, 0.15) is 6.54 Å². The van der Waals surface area contributed by atoms with Crippen LogP contribution in [0.5, 0.6) is 0 Å². The van der Waals surface area contributed by atoms with Crippen molar-refractivity contribution in [3.63, 3.8) is 0 Å². The lowest BCUT2D eigenvalue weighted by molar-refractivity contribution is -0.145. The molecule has 0 atom stereocenters. The van der Waals surface area contributed by atoms with Gasteiger partial charge in [-0.05, 0) is 88.2 Å². The van der Waals surface area contributed by atoms with Crippen LogP contribution in [0.15, 0.2) is 23.1 Å². The second-order valence-electron chi connectivity index (χ2n) is 8.02. The molecule has 7 heteroatoms. The van der Waals surface area contributed by atoms with E-state index >= 15 is 0 Å². The average Bonchev–Trinajstić information content (AvgIpc) is 2.90. The molecular weight excluding hydrogens is 400 g/mol. The van der Waals surface area contributed by atoms with E-state index in [0.717, 1.165) is 39.9 Å². The zero-order valence-electron chi connectivity index (χ0n) is 18.4. The van der Waals surface area contributed by atoms with Crippen LogP contribution in [0.2, 0.25) is 0 Å². The summed E-state index contributed by atoms with van der Waals surface area (Å²) in [6.45, 7) is 13.1. The van der Waals surface area contributed by atoms with Gasteiger partial charge >= 0.3 is 5.97 Å². The van der Waals surface area contributed by atoms with Gasteiger partial charge in [-0.25, -0.2) is 0 Å². The van der Waals surface area contributed by atoms with Crippen LogP contribution in [-0.2, 0) is 14.3 Å². The van der Waals surface area contributed by atoms with Gasteiger partial charge in [0.2, 0.25) is 0 Å². The fraction of sp³-hybridized carbons (Fsp3) is 0.435. The number of allylic oxidation sites excluding steroid dienone is 1. The number of carbonyl (C=O) groups excluding carboxylic acids is 3. The highest BCUT2D eigenvalue weighted by molar-refractivity contribution is 8.18. The largest absolute Gasteiger partial charge is 0.465 e. The minimum Gasteiger partial charge on any atom is -0.465 e. The SMILES string of the molecule is CCOC(=O)CN1C(=O)S/C(=C\c2cc3c(cc2C)N(CC)C(C)(C)C=C3C)C1=O. The predicted molar refractivity (Wildman–Crippen MR) is 121 cm³/mol. The number of aryl methyl sites for hydroxylation is 1. The Morgan fingerprint density at radius 3 is 2.53 bits per heavy atom. The molecule has 0 radical (unpaired) electrons. The first-order valence-electron chi connectivity index (χ1n) is 10.1. The van der Waals surface area contributed by atoms with Crippen molar-refractivity contribution in [2.45, 2.75) is 47.1 Å². The third-order valence-corrected chi connectivity index (χ3v) is 6.34. The number of hydrogen-bond donors (Lipinski definition) is 0. The molecule has 3 rings (SSSR count). The second-order valence-corrected chi connectivity index (χ2v) is 9.02. The summed E-state index contributed by atoms with van der Waals surface area (Å²) in [6, 6.07) is 4.22. The number of fused-ring (bicyclic) bond motifs is 1. The number of ether oxygens (including phenoxy) is 1. The average molecular weight is 429 g/mol. The topological polar surface area (TPSA) is 66.9 Å². The number of esters is 1. The third-order valence-electron chi connectivity index (χ3n) is 5.43. The first-order chi connectivity index (χ1) is 14.1. The Morgan fingerprint density at radius 1 is 1.20 bits per heavy atom. The minimum absolute atomic E-state index is 0.0739. The number of carbonyl (C=O) groups is 3. The molecule has 2 heterocycles. The molecule has 0 spiro atoms. The Kier molecular flexibility index (Phi) is 6.13. The maximum atomic E-state index is 12.7. The van der Waals surface area contributed by atoms with Gasteiger partial charge in [0.15, 0.2) is 0 Å². The van der Waals surface area contributed by atoms with Gasteiger partial charge in [-0.1, -0.05) is 6.08 Å². The molecule has 0 bridgehead atoms. The van der Waals surface area contributed by atoms with Crippen LogP contribution < -0.4 is 4.90 Å². The van der Waals surface area contributed by atoms with Gasteiger partial charge in [-0.3, -0.25) is 19.3 Å². The fourth-order valence-corrected chi connectivity index (χ4v) is 4.92. The number of imide groups is 1. The van der Waals surface area contributed by atoms with E-state index in [-0.39, 0.29) is 18.7 Å². The highest BCUT2D eigenvalue weighted by Crippen LogP contribution is 2.41. The summed E-state index contributed by atoms with van der Waals surface area (Å²) in [7, 11) is 0. The first kappa shape index (κ1) is 22.2. The van der Waals surface area contributed by atoms with Crippen LogP contribution in [0.1, 0.15) is 51.3 Å². The van der Waals surface area contributed by atoms with Gasteiger partial charge in [0.05, 0.1) is 17.1 Å². The Balaban J connectivity index is 1.96. The van der Waals surface area contributed by atoms with E-state index in [1.165, 1.54) is 11.3 Å². The maximum absolute atomic E-state index is 12.7. The van der Waals surface area contributed by atoms with E-state index in [9.17, 15) is 14.4 Å². The minimum atomic E-state index is -0.589. The lowest BCUT2D eigenvalue weighted by atomic mass is 9.87. The molecule has 1 aromatic rings. The van der Waals surface area contributed by atoms with Crippen molar-refractivity contribution in [3.05, 3.63) is 39.8 Å². The number of anilines is 1. The lowest BCUT2D eigenvalue weighted by Gasteiger charge is -2.43. The monoisotopic (exact) mass is 428 g/mol. The van der Waals surface area contributed by atoms with Crippen molar-refractivity contribution < 1.29 is 19.1 Å². The molecule has 30 heavy (non-hydrogen) atoms. The standard InChI is InChI=1S/C23H28N2O4S/c1-7-25-18-9-14(3)16(10-17(18)15(4)12-23(25,5)6)11-19-21(27)24(22(28)30-19)13-20(26)29-8-2/h9-12H,7-8,13H2,1-6H3/b19-11-. The number of nitrogens with zero attached hydrogens (tertiary/aromatic N) is 2. The van der Waals surface area contributed by atoms with Crippen LogP contribution in [-0.4, -0.2) is 47.3 Å². The molecular formula is C23H28N2O4S. The Labute approximate surface area is 181 Å². The normalized spacial score (nSPS) is 19.3. The summed E-state index contributed by atoms with van der Waals surface area (Å²) >= 11 is 0.854. The smallest absolute Gasteiger partial charge is 0.326 e. The second kappa shape index (κ2) is 8.30. The molecule has 1 aromatic carbocycles. The zero-order chi connectivity index (χ0) is 22.2. The van der Waals surface area contributed by atoms with Gasteiger partial charge in [-0.15, -0.1) is 0 Å². The summed E-state index contributed by atoms with van der Waals surface area (Å²) in [5.41, 5.74) is 5.32. The molecule has 0 aromatic heterocycles.